The number of nitriles is 1. The van der Waals surface area contributed by atoms with Crippen molar-refractivity contribution >= 4 is 15.8 Å². The first-order chi connectivity index (χ1) is 10.4. The van der Waals surface area contributed by atoms with Gasteiger partial charge in [0.25, 0.3) is 10.0 Å². The second-order valence-electron chi connectivity index (χ2n) is 5.13. The van der Waals surface area contributed by atoms with Crippen molar-refractivity contribution in [3.63, 3.8) is 0 Å². The Hall–Kier alpha value is -2.33. The van der Waals surface area contributed by atoms with Crippen LogP contribution in [0.1, 0.15) is 37.3 Å². The predicted molar refractivity (Wildman–Crippen MR) is 83.9 cm³/mol. The lowest BCUT2D eigenvalue weighted by molar-refractivity contribution is 0.600. The van der Waals surface area contributed by atoms with Crippen LogP contribution in [0.15, 0.2) is 35.4 Å². The van der Waals surface area contributed by atoms with E-state index in [4.69, 9.17) is 5.26 Å². The van der Waals surface area contributed by atoms with Gasteiger partial charge >= 0.3 is 0 Å². The van der Waals surface area contributed by atoms with E-state index in [9.17, 15) is 8.42 Å². The summed E-state index contributed by atoms with van der Waals surface area (Å²) >= 11 is 0. The van der Waals surface area contributed by atoms with Gasteiger partial charge < -0.3 is 0 Å². The molecule has 116 valence electrons. The largest absolute Gasteiger partial charge is 0.263 e. The van der Waals surface area contributed by atoms with Crippen LogP contribution in [-0.4, -0.2) is 18.2 Å². The zero-order valence-electron chi connectivity index (χ0n) is 12.7. The summed E-state index contributed by atoms with van der Waals surface area (Å²) in [6, 6.07) is 8.70. The molecule has 2 aromatic rings. The maximum Gasteiger partial charge on any atom is 0.263 e. The molecule has 0 saturated carbocycles. The molecule has 0 amide bonds. The van der Waals surface area contributed by atoms with E-state index < -0.39 is 10.0 Å². The van der Waals surface area contributed by atoms with Crippen LogP contribution in [-0.2, 0) is 17.1 Å². The van der Waals surface area contributed by atoms with Crippen molar-refractivity contribution in [1.29, 1.82) is 5.26 Å². The molecule has 1 aromatic carbocycles. The summed E-state index contributed by atoms with van der Waals surface area (Å²) in [6.45, 7) is 4.18. The van der Waals surface area contributed by atoms with Crippen LogP contribution in [0.3, 0.4) is 0 Å². The predicted octanol–water partition coefficient (Wildman–Crippen LogP) is 2.61. The minimum Gasteiger partial charge on any atom is -0.262 e. The van der Waals surface area contributed by atoms with Gasteiger partial charge in [0.05, 0.1) is 11.1 Å². The molecule has 1 atom stereocenters. The lowest BCUT2D eigenvalue weighted by Crippen LogP contribution is -2.16. The third-order valence-electron chi connectivity index (χ3n) is 3.66. The standard InChI is InChI=1S/C15H18N4O2S/c1-4-11(2)12-5-7-14(8-6-12)22(20,21)18-15-13(9-16)10-17-19(15)3/h5-8,10-11,18H,4H2,1-3H3. The Morgan fingerprint density at radius 1 is 1.36 bits per heavy atom. The molecule has 1 unspecified atom stereocenters. The van der Waals surface area contributed by atoms with Crippen molar-refractivity contribution in [1.82, 2.24) is 9.78 Å². The fraction of sp³-hybridized carbons (Fsp3) is 0.333. The smallest absolute Gasteiger partial charge is 0.262 e. The number of anilines is 1. The zero-order valence-corrected chi connectivity index (χ0v) is 13.6. The van der Waals surface area contributed by atoms with Gasteiger partial charge in [0.15, 0.2) is 5.82 Å². The SMILES string of the molecule is CCC(C)c1ccc(S(=O)(=O)Nc2c(C#N)cnn2C)cc1. The van der Waals surface area contributed by atoms with Crippen molar-refractivity contribution < 1.29 is 8.42 Å². The Kier molecular flexibility index (Phi) is 4.52. The molecule has 0 aliphatic carbocycles. The van der Waals surface area contributed by atoms with Crippen LogP contribution < -0.4 is 4.72 Å². The van der Waals surface area contributed by atoms with E-state index in [1.165, 1.54) is 10.9 Å². The third-order valence-corrected chi connectivity index (χ3v) is 5.02. The highest BCUT2D eigenvalue weighted by Crippen LogP contribution is 2.22. The lowest BCUT2D eigenvalue weighted by atomic mass is 9.99. The maximum atomic E-state index is 12.4. The molecule has 6 nitrogen and oxygen atoms in total. The van der Waals surface area contributed by atoms with Gasteiger partial charge in [0, 0.05) is 7.05 Å². The number of benzene rings is 1. The summed E-state index contributed by atoms with van der Waals surface area (Å²) in [5.41, 5.74) is 1.28. The first-order valence-electron chi connectivity index (χ1n) is 6.94. The first-order valence-corrected chi connectivity index (χ1v) is 8.42. The molecule has 0 bridgehead atoms. The van der Waals surface area contributed by atoms with Crippen molar-refractivity contribution in [2.75, 3.05) is 4.72 Å². The molecule has 0 spiro atoms. The van der Waals surface area contributed by atoms with Crippen molar-refractivity contribution in [2.24, 2.45) is 7.05 Å². The summed E-state index contributed by atoms with van der Waals surface area (Å²) in [6.07, 6.45) is 2.31. The summed E-state index contributed by atoms with van der Waals surface area (Å²) in [5.74, 6) is 0.542. The molecule has 0 fully saturated rings. The number of aryl methyl sites for hydroxylation is 1. The molecule has 0 aliphatic rings. The Morgan fingerprint density at radius 3 is 2.55 bits per heavy atom. The summed E-state index contributed by atoms with van der Waals surface area (Å²) in [5, 5.41) is 12.9. The van der Waals surface area contributed by atoms with Gasteiger partial charge in [-0.3, -0.25) is 9.40 Å². The molecule has 22 heavy (non-hydrogen) atoms. The summed E-state index contributed by atoms with van der Waals surface area (Å²) < 4.78 is 28.6. The molecular weight excluding hydrogens is 300 g/mol. The minimum atomic E-state index is -3.75. The topological polar surface area (TPSA) is 87.8 Å². The highest BCUT2D eigenvalue weighted by Gasteiger charge is 2.19. The average Bonchev–Trinajstić information content (AvgIpc) is 2.86. The van der Waals surface area contributed by atoms with E-state index in [2.05, 4.69) is 23.7 Å². The van der Waals surface area contributed by atoms with Crippen LogP contribution in [0.4, 0.5) is 5.82 Å². The van der Waals surface area contributed by atoms with Crippen LogP contribution in [0, 0.1) is 11.3 Å². The van der Waals surface area contributed by atoms with E-state index in [-0.39, 0.29) is 16.3 Å². The number of hydrogen-bond donors (Lipinski definition) is 1. The van der Waals surface area contributed by atoms with Gasteiger partial charge in [-0.15, -0.1) is 0 Å². The second-order valence-corrected chi connectivity index (χ2v) is 6.81. The zero-order chi connectivity index (χ0) is 16.3. The molecule has 2 rings (SSSR count). The van der Waals surface area contributed by atoms with Crippen LogP contribution >= 0.6 is 0 Å². The van der Waals surface area contributed by atoms with Gasteiger partial charge in [-0.2, -0.15) is 10.4 Å². The Labute approximate surface area is 130 Å². The van der Waals surface area contributed by atoms with Gasteiger partial charge in [-0.05, 0) is 30.0 Å². The van der Waals surface area contributed by atoms with Gasteiger partial charge in [0.2, 0.25) is 0 Å². The van der Waals surface area contributed by atoms with E-state index in [0.717, 1.165) is 12.0 Å². The van der Waals surface area contributed by atoms with E-state index in [0.29, 0.717) is 5.92 Å². The fourth-order valence-corrected chi connectivity index (χ4v) is 3.15. The van der Waals surface area contributed by atoms with Crippen LogP contribution in [0.2, 0.25) is 0 Å². The van der Waals surface area contributed by atoms with Crippen LogP contribution in [0.25, 0.3) is 0 Å². The first kappa shape index (κ1) is 16.0. The second kappa shape index (κ2) is 6.20. The monoisotopic (exact) mass is 318 g/mol. The number of sulfonamides is 1. The fourth-order valence-electron chi connectivity index (χ4n) is 2.04. The van der Waals surface area contributed by atoms with E-state index >= 15 is 0 Å². The van der Waals surface area contributed by atoms with Crippen molar-refractivity contribution in [3.05, 3.63) is 41.6 Å². The number of rotatable bonds is 5. The molecule has 1 N–H and O–H groups in total. The van der Waals surface area contributed by atoms with Crippen molar-refractivity contribution in [3.8, 4) is 6.07 Å². The maximum absolute atomic E-state index is 12.4. The van der Waals surface area contributed by atoms with E-state index in [1.807, 2.05) is 18.2 Å². The Balaban J connectivity index is 2.31. The average molecular weight is 318 g/mol. The lowest BCUT2D eigenvalue weighted by Gasteiger charge is -2.11. The molecule has 0 saturated heterocycles. The molecule has 0 aliphatic heterocycles. The Bertz CT molecular complexity index is 801. The number of aromatic nitrogens is 2. The third kappa shape index (κ3) is 3.12. The highest BCUT2D eigenvalue weighted by molar-refractivity contribution is 7.92. The van der Waals surface area contributed by atoms with Gasteiger partial charge in [0.1, 0.15) is 11.6 Å². The van der Waals surface area contributed by atoms with E-state index in [1.54, 1.807) is 19.2 Å². The number of nitrogens with one attached hydrogen (secondary N) is 1. The number of hydrogen-bond acceptors (Lipinski definition) is 4. The quantitative estimate of drug-likeness (QED) is 0.918. The molecular formula is C15H18N4O2S. The molecule has 7 heteroatoms. The molecule has 1 heterocycles. The van der Waals surface area contributed by atoms with Crippen LogP contribution in [0.5, 0.6) is 0 Å². The summed E-state index contributed by atoms with van der Waals surface area (Å²) in [7, 11) is -2.18. The summed E-state index contributed by atoms with van der Waals surface area (Å²) in [4.78, 5) is 0.157. The normalized spacial score (nSPS) is 12.6. The minimum absolute atomic E-state index is 0.157. The van der Waals surface area contributed by atoms with Gasteiger partial charge in [-0.25, -0.2) is 8.42 Å². The Morgan fingerprint density at radius 2 is 2.00 bits per heavy atom. The van der Waals surface area contributed by atoms with Gasteiger partial charge in [-0.1, -0.05) is 26.0 Å². The molecule has 0 radical (unpaired) electrons. The number of nitrogens with zero attached hydrogens (tertiary/aromatic N) is 3. The van der Waals surface area contributed by atoms with Crippen molar-refractivity contribution in [2.45, 2.75) is 31.1 Å². The molecule has 1 aromatic heterocycles. The highest BCUT2D eigenvalue weighted by atomic mass is 32.2.